The number of nitrogens with zero attached hydrogens (tertiary/aromatic N) is 2. The van der Waals surface area contributed by atoms with Crippen LogP contribution >= 0.6 is 0 Å². The molecule has 1 aliphatic rings. The van der Waals surface area contributed by atoms with Crippen molar-refractivity contribution in [2.45, 2.75) is 33.2 Å². The fourth-order valence-corrected chi connectivity index (χ4v) is 2.74. The monoisotopic (exact) mass is 268 g/mol. The smallest absolute Gasteiger partial charge is 0.227 e. The van der Waals surface area contributed by atoms with Crippen LogP contribution in [0.4, 0.5) is 11.6 Å². The van der Waals surface area contributed by atoms with E-state index in [0.717, 1.165) is 24.3 Å². The van der Waals surface area contributed by atoms with Crippen LogP contribution in [-0.2, 0) is 6.42 Å². The zero-order chi connectivity index (χ0) is 14.1. The van der Waals surface area contributed by atoms with E-state index in [0.29, 0.717) is 12.0 Å². The Morgan fingerprint density at radius 1 is 1.20 bits per heavy atom. The van der Waals surface area contributed by atoms with Crippen molar-refractivity contribution in [3.8, 4) is 0 Å². The maximum Gasteiger partial charge on any atom is 0.227 e. The Balaban J connectivity index is 1.88. The third-order valence-corrected chi connectivity index (χ3v) is 3.66. The summed E-state index contributed by atoms with van der Waals surface area (Å²) in [6, 6.07) is 6.72. The highest BCUT2D eigenvalue weighted by atomic mass is 15.1. The molecule has 0 radical (unpaired) electrons. The normalized spacial score (nSPS) is 17.6. The third kappa shape index (κ3) is 2.65. The minimum absolute atomic E-state index is 0.342. The molecule has 0 spiro atoms. The van der Waals surface area contributed by atoms with E-state index in [4.69, 9.17) is 0 Å². The summed E-state index contributed by atoms with van der Waals surface area (Å²) in [5.74, 6) is 0.683. The molecule has 0 aliphatic carbocycles. The Labute approximate surface area is 119 Å². The van der Waals surface area contributed by atoms with Gasteiger partial charge < -0.3 is 10.6 Å². The Bertz CT molecular complexity index is 616. The molecule has 2 N–H and O–H groups in total. The first kappa shape index (κ1) is 13.1. The van der Waals surface area contributed by atoms with Crippen LogP contribution < -0.4 is 10.6 Å². The zero-order valence-electron chi connectivity index (χ0n) is 12.2. The van der Waals surface area contributed by atoms with E-state index in [-0.39, 0.29) is 0 Å². The lowest BCUT2D eigenvalue weighted by molar-refractivity contribution is 0.530. The molecule has 1 atom stereocenters. The van der Waals surface area contributed by atoms with Crippen molar-refractivity contribution in [2.75, 3.05) is 11.9 Å². The number of hydrogen-bond acceptors (Lipinski definition) is 4. The molecule has 20 heavy (non-hydrogen) atoms. The largest absolute Gasteiger partial charge is 0.324 e. The quantitative estimate of drug-likeness (QED) is 0.879. The van der Waals surface area contributed by atoms with Gasteiger partial charge in [0.05, 0.1) is 5.69 Å². The first-order valence-corrected chi connectivity index (χ1v) is 7.06. The van der Waals surface area contributed by atoms with Gasteiger partial charge in [0.25, 0.3) is 0 Å². The van der Waals surface area contributed by atoms with Gasteiger partial charge in [0.15, 0.2) is 0 Å². The number of hydrogen-bond donors (Lipinski definition) is 2. The molecule has 3 rings (SSSR count). The standard InChI is InChI=1S/C16H20N4/c1-10-6-11(2)8-13(7-10)19-16-18-9-14-12(3)17-5-4-15(14)20-16/h6-9,12,17H,4-5H2,1-3H3,(H,18,19,20). The molecule has 0 saturated heterocycles. The minimum Gasteiger partial charge on any atom is -0.324 e. The van der Waals surface area contributed by atoms with E-state index in [1.54, 1.807) is 0 Å². The summed E-state index contributed by atoms with van der Waals surface area (Å²) in [6.45, 7) is 7.32. The van der Waals surface area contributed by atoms with Crippen LogP contribution in [0.25, 0.3) is 0 Å². The van der Waals surface area contributed by atoms with Gasteiger partial charge >= 0.3 is 0 Å². The maximum absolute atomic E-state index is 4.66. The van der Waals surface area contributed by atoms with Crippen molar-refractivity contribution in [1.82, 2.24) is 15.3 Å². The highest BCUT2D eigenvalue weighted by Crippen LogP contribution is 2.23. The average Bonchev–Trinajstić information content (AvgIpc) is 2.37. The molecular weight excluding hydrogens is 248 g/mol. The summed E-state index contributed by atoms with van der Waals surface area (Å²) < 4.78 is 0. The number of aryl methyl sites for hydroxylation is 2. The fraction of sp³-hybridized carbons (Fsp3) is 0.375. The zero-order valence-corrected chi connectivity index (χ0v) is 12.2. The van der Waals surface area contributed by atoms with Crippen LogP contribution in [0.3, 0.4) is 0 Å². The number of anilines is 2. The molecule has 0 saturated carbocycles. The van der Waals surface area contributed by atoms with E-state index >= 15 is 0 Å². The first-order chi connectivity index (χ1) is 9.61. The molecule has 1 unspecified atom stereocenters. The highest BCUT2D eigenvalue weighted by molar-refractivity contribution is 5.56. The predicted octanol–water partition coefficient (Wildman–Crippen LogP) is 3.04. The number of rotatable bonds is 2. The predicted molar refractivity (Wildman–Crippen MR) is 81.4 cm³/mol. The van der Waals surface area contributed by atoms with Gasteiger partial charge in [-0.3, -0.25) is 0 Å². The molecule has 4 nitrogen and oxygen atoms in total. The highest BCUT2D eigenvalue weighted by Gasteiger charge is 2.17. The SMILES string of the molecule is Cc1cc(C)cc(Nc2ncc3c(n2)CCNC3C)c1. The lowest BCUT2D eigenvalue weighted by Gasteiger charge is -2.22. The molecule has 1 aromatic carbocycles. The molecule has 1 aromatic heterocycles. The average molecular weight is 268 g/mol. The van der Waals surface area contributed by atoms with Gasteiger partial charge in [-0.05, 0) is 44.0 Å². The molecule has 104 valence electrons. The summed E-state index contributed by atoms with van der Waals surface area (Å²) in [4.78, 5) is 9.09. The summed E-state index contributed by atoms with van der Waals surface area (Å²) in [5, 5.41) is 6.73. The minimum atomic E-state index is 0.342. The molecule has 2 aromatic rings. The third-order valence-electron chi connectivity index (χ3n) is 3.66. The Kier molecular flexibility index (Phi) is 3.40. The van der Waals surface area contributed by atoms with Crippen molar-refractivity contribution in [1.29, 1.82) is 0 Å². The van der Waals surface area contributed by atoms with Crippen LogP contribution in [0.15, 0.2) is 24.4 Å². The van der Waals surface area contributed by atoms with Crippen LogP contribution in [0.2, 0.25) is 0 Å². The van der Waals surface area contributed by atoms with Gasteiger partial charge in [-0.1, -0.05) is 6.07 Å². The Hall–Kier alpha value is -1.94. The summed E-state index contributed by atoms with van der Waals surface area (Å²) in [5.41, 5.74) is 5.89. The number of aromatic nitrogens is 2. The fourth-order valence-electron chi connectivity index (χ4n) is 2.74. The van der Waals surface area contributed by atoms with Gasteiger partial charge in [-0.15, -0.1) is 0 Å². The van der Waals surface area contributed by atoms with Crippen molar-refractivity contribution < 1.29 is 0 Å². The van der Waals surface area contributed by atoms with E-state index in [9.17, 15) is 0 Å². The van der Waals surface area contributed by atoms with Crippen molar-refractivity contribution in [3.63, 3.8) is 0 Å². The van der Waals surface area contributed by atoms with Gasteiger partial charge in [-0.2, -0.15) is 0 Å². The van der Waals surface area contributed by atoms with E-state index in [1.807, 2.05) is 6.20 Å². The summed E-state index contributed by atoms with van der Waals surface area (Å²) in [6.07, 6.45) is 2.90. The molecule has 2 heterocycles. The second-order valence-electron chi connectivity index (χ2n) is 5.52. The molecule has 4 heteroatoms. The number of nitrogens with one attached hydrogen (secondary N) is 2. The van der Waals surface area contributed by atoms with Crippen LogP contribution in [0.5, 0.6) is 0 Å². The van der Waals surface area contributed by atoms with E-state index in [1.165, 1.54) is 16.7 Å². The first-order valence-electron chi connectivity index (χ1n) is 7.06. The van der Waals surface area contributed by atoms with Crippen molar-refractivity contribution in [2.24, 2.45) is 0 Å². The molecule has 1 aliphatic heterocycles. The van der Waals surface area contributed by atoms with Crippen LogP contribution in [0, 0.1) is 13.8 Å². The van der Waals surface area contributed by atoms with Crippen molar-refractivity contribution in [3.05, 3.63) is 46.8 Å². The molecule has 0 bridgehead atoms. The van der Waals surface area contributed by atoms with Gasteiger partial charge in [0.1, 0.15) is 0 Å². The lowest BCUT2D eigenvalue weighted by Crippen LogP contribution is -2.29. The topological polar surface area (TPSA) is 49.8 Å². The molecule has 0 amide bonds. The second kappa shape index (κ2) is 5.21. The Morgan fingerprint density at radius 2 is 1.95 bits per heavy atom. The van der Waals surface area contributed by atoms with E-state index < -0.39 is 0 Å². The maximum atomic E-state index is 4.66. The molecular formula is C16H20N4. The van der Waals surface area contributed by atoms with Crippen LogP contribution in [0.1, 0.15) is 35.3 Å². The van der Waals surface area contributed by atoms with E-state index in [2.05, 4.69) is 59.6 Å². The van der Waals surface area contributed by atoms with Gasteiger partial charge in [0.2, 0.25) is 5.95 Å². The number of benzene rings is 1. The molecule has 0 fully saturated rings. The van der Waals surface area contributed by atoms with Gasteiger partial charge in [-0.25, -0.2) is 9.97 Å². The van der Waals surface area contributed by atoms with Crippen molar-refractivity contribution >= 4 is 11.6 Å². The number of fused-ring (bicyclic) bond motifs is 1. The van der Waals surface area contributed by atoms with Crippen LogP contribution in [-0.4, -0.2) is 16.5 Å². The lowest BCUT2D eigenvalue weighted by atomic mass is 10.0. The Morgan fingerprint density at radius 3 is 2.70 bits per heavy atom. The van der Waals surface area contributed by atoms with Gasteiger partial charge in [0, 0.05) is 36.5 Å². The summed E-state index contributed by atoms with van der Waals surface area (Å²) in [7, 11) is 0. The second-order valence-corrected chi connectivity index (χ2v) is 5.52. The summed E-state index contributed by atoms with van der Waals surface area (Å²) >= 11 is 0.